The van der Waals surface area contributed by atoms with Gasteiger partial charge in [0, 0.05) is 18.9 Å². The van der Waals surface area contributed by atoms with Crippen LogP contribution in [0.2, 0.25) is 0 Å². The molecule has 2 aromatic heterocycles. The van der Waals surface area contributed by atoms with Crippen molar-refractivity contribution in [2.45, 2.75) is 6.54 Å². The van der Waals surface area contributed by atoms with Crippen molar-refractivity contribution in [1.82, 2.24) is 19.5 Å². The molecule has 3 rings (SSSR count). The van der Waals surface area contributed by atoms with Crippen LogP contribution >= 0.6 is 0 Å². The minimum absolute atomic E-state index is 0.0372. The van der Waals surface area contributed by atoms with Gasteiger partial charge in [0.15, 0.2) is 0 Å². The zero-order valence-corrected chi connectivity index (χ0v) is 9.37. The Kier molecular flexibility index (Phi) is 2.33. The van der Waals surface area contributed by atoms with E-state index in [-0.39, 0.29) is 5.82 Å². The summed E-state index contributed by atoms with van der Waals surface area (Å²) in [7, 11) is 0. The maximum Gasteiger partial charge on any atom is 0.371 e. The molecular formula is C12H10N4O2. The standard InChI is InChI=1S/C12H10N4O2/c17-12(18)11-14-9-2-1-8(5-10(9)15-11)6-16-4-3-13-7-16/h1-5,7H,6H2,(H,14,15)(H,17,18). The van der Waals surface area contributed by atoms with E-state index in [1.165, 1.54) is 0 Å². The van der Waals surface area contributed by atoms with Gasteiger partial charge in [-0.3, -0.25) is 0 Å². The number of carboxylic acid groups (broad SMARTS) is 1. The fourth-order valence-electron chi connectivity index (χ4n) is 1.84. The molecule has 0 fully saturated rings. The normalized spacial score (nSPS) is 10.9. The number of H-pyrrole nitrogens is 1. The van der Waals surface area contributed by atoms with E-state index >= 15 is 0 Å². The Morgan fingerprint density at radius 1 is 1.44 bits per heavy atom. The highest BCUT2D eigenvalue weighted by atomic mass is 16.4. The number of aromatic carboxylic acids is 1. The molecule has 3 aromatic rings. The van der Waals surface area contributed by atoms with Crippen LogP contribution in [0.4, 0.5) is 0 Å². The fraction of sp³-hybridized carbons (Fsp3) is 0.0833. The van der Waals surface area contributed by atoms with Gasteiger partial charge in [-0.15, -0.1) is 0 Å². The lowest BCUT2D eigenvalue weighted by Gasteiger charge is -2.01. The van der Waals surface area contributed by atoms with E-state index in [1.54, 1.807) is 12.5 Å². The van der Waals surface area contributed by atoms with E-state index in [2.05, 4.69) is 15.0 Å². The average Bonchev–Trinajstić information content (AvgIpc) is 2.96. The molecular weight excluding hydrogens is 232 g/mol. The lowest BCUT2D eigenvalue weighted by Crippen LogP contribution is -1.97. The summed E-state index contributed by atoms with van der Waals surface area (Å²) in [5, 5.41) is 8.86. The molecule has 0 aliphatic rings. The van der Waals surface area contributed by atoms with Crippen LogP contribution in [-0.2, 0) is 6.54 Å². The molecule has 0 saturated heterocycles. The molecule has 0 saturated carbocycles. The van der Waals surface area contributed by atoms with Crippen molar-refractivity contribution in [1.29, 1.82) is 0 Å². The Hall–Kier alpha value is -2.63. The van der Waals surface area contributed by atoms with Crippen LogP contribution in [0.25, 0.3) is 11.0 Å². The summed E-state index contributed by atoms with van der Waals surface area (Å²) in [5.74, 6) is -1.09. The molecule has 18 heavy (non-hydrogen) atoms. The van der Waals surface area contributed by atoms with Gasteiger partial charge in [-0.25, -0.2) is 14.8 Å². The van der Waals surface area contributed by atoms with Crippen LogP contribution in [-0.4, -0.2) is 30.6 Å². The summed E-state index contributed by atoms with van der Waals surface area (Å²) in [6, 6.07) is 5.64. The van der Waals surface area contributed by atoms with E-state index in [0.717, 1.165) is 11.1 Å². The van der Waals surface area contributed by atoms with Crippen molar-refractivity contribution < 1.29 is 9.90 Å². The number of nitrogens with one attached hydrogen (secondary N) is 1. The van der Waals surface area contributed by atoms with Gasteiger partial charge in [0.05, 0.1) is 17.4 Å². The molecule has 0 bridgehead atoms. The SMILES string of the molecule is O=C(O)c1nc2cc(Cn3ccnc3)ccc2[nH]1. The highest BCUT2D eigenvalue weighted by Gasteiger charge is 2.09. The zero-order valence-electron chi connectivity index (χ0n) is 9.37. The monoisotopic (exact) mass is 242 g/mol. The van der Waals surface area contributed by atoms with Gasteiger partial charge in [-0.05, 0) is 17.7 Å². The zero-order chi connectivity index (χ0) is 12.5. The number of carboxylic acids is 1. The minimum Gasteiger partial charge on any atom is -0.475 e. The van der Waals surface area contributed by atoms with Crippen molar-refractivity contribution in [3.05, 3.63) is 48.3 Å². The lowest BCUT2D eigenvalue weighted by molar-refractivity contribution is 0.0685. The number of fused-ring (bicyclic) bond motifs is 1. The quantitative estimate of drug-likeness (QED) is 0.729. The number of carbonyl (C=O) groups is 1. The average molecular weight is 242 g/mol. The summed E-state index contributed by atoms with van der Waals surface area (Å²) in [6.45, 7) is 0.686. The van der Waals surface area contributed by atoms with Crippen LogP contribution in [0, 0.1) is 0 Å². The number of hydrogen-bond donors (Lipinski definition) is 2. The smallest absolute Gasteiger partial charge is 0.371 e. The van der Waals surface area contributed by atoms with Gasteiger partial charge >= 0.3 is 5.97 Å². The number of benzene rings is 1. The third-order valence-corrected chi connectivity index (χ3v) is 2.67. The molecule has 6 heteroatoms. The molecule has 2 N–H and O–H groups in total. The van der Waals surface area contributed by atoms with Crippen molar-refractivity contribution in [2.24, 2.45) is 0 Å². The number of nitrogens with zero attached hydrogens (tertiary/aromatic N) is 3. The molecule has 0 spiro atoms. The maximum absolute atomic E-state index is 10.8. The molecule has 0 amide bonds. The third kappa shape index (κ3) is 1.84. The minimum atomic E-state index is -1.05. The maximum atomic E-state index is 10.8. The first-order chi connectivity index (χ1) is 8.72. The molecule has 0 aliphatic carbocycles. The summed E-state index contributed by atoms with van der Waals surface area (Å²) in [4.78, 5) is 21.6. The predicted octanol–water partition coefficient (Wildman–Crippen LogP) is 1.51. The van der Waals surface area contributed by atoms with E-state index in [4.69, 9.17) is 5.11 Å². The van der Waals surface area contributed by atoms with Crippen molar-refractivity contribution in [3.8, 4) is 0 Å². The predicted molar refractivity (Wildman–Crippen MR) is 64.4 cm³/mol. The van der Waals surface area contributed by atoms with E-state index in [0.29, 0.717) is 12.1 Å². The summed E-state index contributed by atoms with van der Waals surface area (Å²) < 4.78 is 1.94. The Balaban J connectivity index is 1.97. The number of aromatic nitrogens is 4. The molecule has 0 radical (unpaired) electrons. The Morgan fingerprint density at radius 2 is 2.33 bits per heavy atom. The highest BCUT2D eigenvalue weighted by Crippen LogP contribution is 2.14. The second-order valence-electron chi connectivity index (χ2n) is 3.98. The Morgan fingerprint density at radius 3 is 3.06 bits per heavy atom. The molecule has 2 heterocycles. The van der Waals surface area contributed by atoms with Crippen LogP contribution in [0.1, 0.15) is 16.2 Å². The summed E-state index contributed by atoms with van der Waals surface area (Å²) in [6.07, 6.45) is 5.32. The number of rotatable bonds is 3. The first-order valence-electron chi connectivity index (χ1n) is 5.40. The topological polar surface area (TPSA) is 83.8 Å². The molecule has 0 unspecified atom stereocenters. The van der Waals surface area contributed by atoms with Gasteiger partial charge in [-0.2, -0.15) is 0 Å². The number of imidazole rings is 2. The largest absolute Gasteiger partial charge is 0.475 e. The van der Waals surface area contributed by atoms with E-state index in [1.807, 2.05) is 29.0 Å². The molecule has 90 valence electrons. The molecule has 0 atom stereocenters. The number of hydrogen-bond acceptors (Lipinski definition) is 3. The lowest BCUT2D eigenvalue weighted by atomic mass is 10.2. The first-order valence-corrected chi connectivity index (χ1v) is 5.40. The van der Waals surface area contributed by atoms with Crippen molar-refractivity contribution >= 4 is 17.0 Å². The first kappa shape index (κ1) is 10.5. The van der Waals surface area contributed by atoms with Crippen LogP contribution < -0.4 is 0 Å². The van der Waals surface area contributed by atoms with Crippen LogP contribution in [0.5, 0.6) is 0 Å². The van der Waals surface area contributed by atoms with Gasteiger partial charge in [-0.1, -0.05) is 6.07 Å². The molecule has 1 aromatic carbocycles. The van der Waals surface area contributed by atoms with Crippen molar-refractivity contribution in [2.75, 3.05) is 0 Å². The third-order valence-electron chi connectivity index (χ3n) is 2.67. The second-order valence-corrected chi connectivity index (χ2v) is 3.98. The van der Waals surface area contributed by atoms with Gasteiger partial charge in [0.25, 0.3) is 0 Å². The van der Waals surface area contributed by atoms with E-state index in [9.17, 15) is 4.79 Å². The Labute approximate surface area is 102 Å². The highest BCUT2D eigenvalue weighted by molar-refractivity contribution is 5.89. The van der Waals surface area contributed by atoms with Gasteiger partial charge in [0.2, 0.25) is 5.82 Å². The second kappa shape index (κ2) is 3.99. The molecule has 6 nitrogen and oxygen atoms in total. The summed E-state index contributed by atoms with van der Waals surface area (Å²) >= 11 is 0. The van der Waals surface area contributed by atoms with E-state index < -0.39 is 5.97 Å². The van der Waals surface area contributed by atoms with Crippen LogP contribution in [0.15, 0.2) is 36.9 Å². The van der Waals surface area contributed by atoms with Gasteiger partial charge < -0.3 is 14.7 Å². The van der Waals surface area contributed by atoms with Crippen molar-refractivity contribution in [3.63, 3.8) is 0 Å². The fourth-order valence-corrected chi connectivity index (χ4v) is 1.84. The Bertz CT molecular complexity index is 700. The number of aromatic amines is 1. The van der Waals surface area contributed by atoms with Crippen LogP contribution in [0.3, 0.4) is 0 Å². The summed E-state index contributed by atoms with van der Waals surface area (Å²) in [5.41, 5.74) is 2.43. The molecule has 0 aliphatic heterocycles. The van der Waals surface area contributed by atoms with Gasteiger partial charge in [0.1, 0.15) is 0 Å².